The van der Waals surface area contributed by atoms with Crippen molar-refractivity contribution >= 4 is 17.9 Å². The van der Waals surface area contributed by atoms with E-state index in [4.69, 9.17) is 18.7 Å². The molecule has 0 bridgehead atoms. The van der Waals surface area contributed by atoms with E-state index in [2.05, 4.69) is 11.2 Å². The van der Waals surface area contributed by atoms with E-state index in [1.165, 1.54) is 11.2 Å². The fraction of sp³-hybridized carbons (Fsp3) is 0.500. The molecule has 1 aromatic heterocycles. The molecule has 4 heterocycles. The van der Waals surface area contributed by atoms with Crippen molar-refractivity contribution in [1.29, 1.82) is 5.26 Å². The number of fused-ring (bicyclic) bond motifs is 3. The minimum Gasteiger partial charge on any atom is -0.444 e. The average molecular weight is 464 g/mol. The van der Waals surface area contributed by atoms with Gasteiger partial charge < -0.3 is 23.6 Å². The predicted octanol–water partition coefficient (Wildman–Crippen LogP) is 3.52. The molecule has 3 unspecified atom stereocenters. The monoisotopic (exact) mass is 464 g/mol. The van der Waals surface area contributed by atoms with Crippen molar-refractivity contribution in [1.82, 2.24) is 10.1 Å². The van der Waals surface area contributed by atoms with E-state index in [-0.39, 0.29) is 17.9 Å². The second-order valence-corrected chi connectivity index (χ2v) is 10.3. The summed E-state index contributed by atoms with van der Waals surface area (Å²) >= 11 is 0. The molecule has 0 radical (unpaired) electrons. The number of rotatable bonds is 2. The molecule has 2 saturated heterocycles. The van der Waals surface area contributed by atoms with Gasteiger partial charge in [-0.15, -0.1) is 0 Å². The van der Waals surface area contributed by atoms with Crippen LogP contribution in [0.2, 0.25) is 0 Å². The van der Waals surface area contributed by atoms with Gasteiger partial charge in [0.2, 0.25) is 0 Å². The Kier molecular flexibility index (Phi) is 3.94. The molecule has 10 heteroatoms. The van der Waals surface area contributed by atoms with Gasteiger partial charge in [0.15, 0.2) is 0 Å². The lowest BCUT2D eigenvalue weighted by Crippen LogP contribution is -2.51. The van der Waals surface area contributed by atoms with Crippen molar-refractivity contribution in [3.8, 4) is 11.9 Å². The molecule has 10 nitrogen and oxygen atoms in total. The summed E-state index contributed by atoms with van der Waals surface area (Å²) < 4.78 is 21.6. The SMILES string of the molecule is CC1N(c2ccc(C3(C#N)C4CN(C(=O)OC(C)(C)C)C[C@H]43)cc2)C(=O)O[C@@]12Oc1nocc12. The minimum absolute atomic E-state index is 0.0604. The second-order valence-electron chi connectivity index (χ2n) is 10.3. The fourth-order valence-electron chi connectivity index (χ4n) is 5.65. The minimum atomic E-state index is -1.22. The van der Waals surface area contributed by atoms with Crippen LogP contribution in [0.3, 0.4) is 0 Å². The average Bonchev–Trinajstić information content (AvgIpc) is 3.14. The molecule has 3 fully saturated rings. The van der Waals surface area contributed by atoms with Gasteiger partial charge in [-0.3, -0.25) is 4.90 Å². The highest BCUT2D eigenvalue weighted by Crippen LogP contribution is 2.63. The van der Waals surface area contributed by atoms with Gasteiger partial charge in [0, 0.05) is 30.6 Å². The maximum absolute atomic E-state index is 12.7. The number of piperidine rings is 1. The number of amides is 2. The Morgan fingerprint density at radius 2 is 1.88 bits per heavy atom. The number of nitriles is 1. The first-order valence-corrected chi connectivity index (χ1v) is 11.3. The first kappa shape index (κ1) is 20.8. The summed E-state index contributed by atoms with van der Waals surface area (Å²) in [6.07, 6.45) is 0.558. The van der Waals surface area contributed by atoms with Gasteiger partial charge in [0.05, 0.1) is 11.5 Å². The Morgan fingerprint density at radius 3 is 2.47 bits per heavy atom. The molecule has 1 aliphatic carbocycles. The normalized spacial score (nSPS) is 32.9. The van der Waals surface area contributed by atoms with E-state index in [9.17, 15) is 14.9 Å². The number of carbonyl (C=O) groups is 2. The molecule has 0 N–H and O–H groups in total. The fourth-order valence-corrected chi connectivity index (χ4v) is 5.65. The number of anilines is 1. The molecule has 34 heavy (non-hydrogen) atoms. The van der Waals surface area contributed by atoms with Gasteiger partial charge in [-0.25, -0.2) is 9.59 Å². The molecule has 2 aromatic rings. The van der Waals surface area contributed by atoms with Gasteiger partial charge in [-0.1, -0.05) is 12.1 Å². The van der Waals surface area contributed by atoms with Crippen molar-refractivity contribution in [2.24, 2.45) is 11.8 Å². The molecule has 4 aliphatic rings. The van der Waals surface area contributed by atoms with Crippen LogP contribution in [0.4, 0.5) is 15.3 Å². The van der Waals surface area contributed by atoms with Gasteiger partial charge in [0.1, 0.15) is 23.5 Å². The highest BCUT2D eigenvalue weighted by atomic mass is 16.8. The summed E-state index contributed by atoms with van der Waals surface area (Å²) in [7, 11) is 0. The number of aromatic nitrogens is 1. The van der Waals surface area contributed by atoms with Crippen molar-refractivity contribution < 1.29 is 28.3 Å². The molecular weight excluding hydrogens is 440 g/mol. The molecular formula is C24H24N4O6. The maximum Gasteiger partial charge on any atom is 0.418 e. The molecule has 2 amide bonds. The lowest BCUT2D eigenvalue weighted by atomic mass is 9.91. The van der Waals surface area contributed by atoms with E-state index in [1.807, 2.05) is 52.0 Å². The number of likely N-dealkylation sites (tertiary alicyclic amines) is 1. The predicted molar refractivity (Wildman–Crippen MR) is 116 cm³/mol. The third-order valence-corrected chi connectivity index (χ3v) is 7.37. The van der Waals surface area contributed by atoms with E-state index < -0.39 is 28.9 Å². The van der Waals surface area contributed by atoms with E-state index in [1.54, 1.807) is 4.90 Å². The summed E-state index contributed by atoms with van der Waals surface area (Å²) in [4.78, 5) is 28.3. The van der Waals surface area contributed by atoms with Gasteiger partial charge in [-0.05, 0) is 50.5 Å². The second kappa shape index (κ2) is 6.44. The third-order valence-electron chi connectivity index (χ3n) is 7.37. The van der Waals surface area contributed by atoms with E-state index in [0.29, 0.717) is 30.2 Å². The van der Waals surface area contributed by atoms with Crippen LogP contribution in [0.25, 0.3) is 0 Å². The Labute approximate surface area is 195 Å². The van der Waals surface area contributed by atoms with E-state index >= 15 is 0 Å². The van der Waals surface area contributed by atoms with Crippen LogP contribution < -0.4 is 9.64 Å². The van der Waals surface area contributed by atoms with Gasteiger partial charge >= 0.3 is 18.0 Å². The Morgan fingerprint density at radius 1 is 1.21 bits per heavy atom. The lowest BCUT2D eigenvalue weighted by molar-refractivity contribution is -0.170. The largest absolute Gasteiger partial charge is 0.444 e. The first-order chi connectivity index (χ1) is 16.1. The quantitative estimate of drug-likeness (QED) is 0.662. The summed E-state index contributed by atoms with van der Waals surface area (Å²) in [5, 5.41) is 13.8. The standard InChI is InChI=1S/C24H24N4O6/c1-13-24(18-11-31-26-19(18)32-24)34-21(30)28(13)15-7-5-14(6-8-15)23(12-25)16-9-27(10-17(16)23)20(29)33-22(2,3)4/h5-8,11,13,16-17H,9-10H2,1-4H3/t13?,16-,17?,23?,24+/m1/s1. The van der Waals surface area contributed by atoms with Crippen LogP contribution in [-0.4, -0.2) is 47.0 Å². The molecule has 1 spiro atoms. The number of benzene rings is 1. The van der Waals surface area contributed by atoms with Crippen LogP contribution in [-0.2, 0) is 20.7 Å². The summed E-state index contributed by atoms with van der Waals surface area (Å²) in [5.41, 5.74) is 0.939. The molecule has 5 atom stereocenters. The molecule has 176 valence electrons. The first-order valence-electron chi connectivity index (χ1n) is 11.3. The van der Waals surface area contributed by atoms with Crippen LogP contribution >= 0.6 is 0 Å². The number of hydrogen-bond acceptors (Lipinski definition) is 8. The number of hydrogen-bond donors (Lipinski definition) is 0. The third kappa shape index (κ3) is 2.58. The van der Waals surface area contributed by atoms with Crippen molar-refractivity contribution in [2.75, 3.05) is 18.0 Å². The van der Waals surface area contributed by atoms with E-state index in [0.717, 1.165) is 5.56 Å². The topological polar surface area (TPSA) is 118 Å². The summed E-state index contributed by atoms with van der Waals surface area (Å²) in [5.74, 6) is -0.777. The van der Waals surface area contributed by atoms with Crippen LogP contribution in [0.1, 0.15) is 38.8 Å². The molecule has 1 aromatic carbocycles. The molecule has 6 rings (SSSR count). The number of nitrogens with zero attached hydrogens (tertiary/aromatic N) is 4. The zero-order valence-corrected chi connectivity index (χ0v) is 19.3. The molecule has 1 saturated carbocycles. The Bertz CT molecular complexity index is 1230. The highest BCUT2D eigenvalue weighted by Gasteiger charge is 2.71. The maximum atomic E-state index is 12.7. The number of carbonyl (C=O) groups excluding carboxylic acids is 2. The van der Waals surface area contributed by atoms with Gasteiger partial charge in [-0.2, -0.15) is 5.26 Å². The highest BCUT2D eigenvalue weighted by molar-refractivity contribution is 5.91. The smallest absolute Gasteiger partial charge is 0.418 e. The van der Waals surface area contributed by atoms with Crippen molar-refractivity contribution in [2.45, 2.75) is 50.5 Å². The lowest BCUT2D eigenvalue weighted by Gasteiger charge is -2.37. The zero-order chi connectivity index (χ0) is 24.0. The summed E-state index contributed by atoms with van der Waals surface area (Å²) in [6, 6.07) is 9.46. The zero-order valence-electron chi connectivity index (χ0n) is 19.3. The van der Waals surface area contributed by atoms with Crippen LogP contribution in [0.15, 0.2) is 35.1 Å². The Hall–Kier alpha value is -3.74. The van der Waals surface area contributed by atoms with Crippen LogP contribution in [0, 0.1) is 23.2 Å². The van der Waals surface area contributed by atoms with Crippen molar-refractivity contribution in [3.05, 3.63) is 41.7 Å². The van der Waals surface area contributed by atoms with Crippen LogP contribution in [0.5, 0.6) is 5.88 Å². The van der Waals surface area contributed by atoms with Crippen molar-refractivity contribution in [3.63, 3.8) is 0 Å². The summed E-state index contributed by atoms with van der Waals surface area (Å²) in [6.45, 7) is 8.33. The number of ether oxygens (including phenoxy) is 3. The van der Waals surface area contributed by atoms with Gasteiger partial charge in [0.25, 0.3) is 5.88 Å². The Balaban J connectivity index is 1.19. The molecule has 3 aliphatic heterocycles.